The van der Waals surface area contributed by atoms with Crippen molar-refractivity contribution in [2.24, 2.45) is 0 Å². The average Bonchev–Trinajstić information content (AvgIpc) is 2.55. The van der Waals surface area contributed by atoms with E-state index in [9.17, 15) is 9.90 Å². The van der Waals surface area contributed by atoms with Gasteiger partial charge in [-0.3, -0.25) is 4.79 Å². The molecule has 4 nitrogen and oxygen atoms in total. The molecule has 136 valence electrons. The lowest BCUT2D eigenvalue weighted by atomic mass is 9.85. The molecule has 1 aromatic heterocycles. The fourth-order valence-electron chi connectivity index (χ4n) is 2.30. The van der Waals surface area contributed by atoms with E-state index in [4.69, 9.17) is 11.6 Å². The highest BCUT2D eigenvalue weighted by molar-refractivity contribution is 7.98. The SMILES string of the molecule is CC(C)(CO)c1ccc(CSc2cnn(C(C)(C)C)c(=O)c2Cl)cc1. The maximum Gasteiger partial charge on any atom is 0.287 e. The first-order chi connectivity index (χ1) is 11.6. The number of aliphatic hydroxyl groups is 1. The Balaban J connectivity index is 2.15. The molecule has 0 atom stereocenters. The van der Waals surface area contributed by atoms with Gasteiger partial charge in [0.05, 0.1) is 23.2 Å². The van der Waals surface area contributed by atoms with Crippen LogP contribution in [0.5, 0.6) is 0 Å². The molecule has 0 aliphatic heterocycles. The second kappa shape index (κ2) is 7.52. The van der Waals surface area contributed by atoms with Crippen LogP contribution in [0, 0.1) is 0 Å². The van der Waals surface area contributed by atoms with Crippen molar-refractivity contribution < 1.29 is 5.11 Å². The zero-order chi connectivity index (χ0) is 18.8. The third kappa shape index (κ3) is 4.66. The molecule has 0 saturated carbocycles. The highest BCUT2D eigenvalue weighted by atomic mass is 35.5. The molecule has 1 aromatic carbocycles. The molecule has 0 amide bonds. The molecule has 0 saturated heterocycles. The highest BCUT2D eigenvalue weighted by Crippen LogP contribution is 2.29. The van der Waals surface area contributed by atoms with Gasteiger partial charge >= 0.3 is 0 Å². The minimum absolute atomic E-state index is 0.104. The van der Waals surface area contributed by atoms with E-state index in [1.54, 1.807) is 6.20 Å². The van der Waals surface area contributed by atoms with Crippen molar-refractivity contribution in [3.63, 3.8) is 0 Å². The van der Waals surface area contributed by atoms with Crippen molar-refractivity contribution in [2.45, 2.75) is 56.2 Å². The molecule has 2 aromatic rings. The monoisotopic (exact) mass is 380 g/mol. The predicted octanol–water partition coefficient (Wildman–Crippen LogP) is 4.21. The molecule has 0 bridgehead atoms. The van der Waals surface area contributed by atoms with E-state index in [-0.39, 0.29) is 22.6 Å². The van der Waals surface area contributed by atoms with Crippen molar-refractivity contribution in [3.8, 4) is 0 Å². The number of thioether (sulfide) groups is 1. The van der Waals surface area contributed by atoms with E-state index in [0.29, 0.717) is 10.6 Å². The number of nitrogens with zero attached hydrogens (tertiary/aromatic N) is 2. The Morgan fingerprint density at radius 1 is 1.16 bits per heavy atom. The van der Waals surface area contributed by atoms with Crippen LogP contribution in [0.15, 0.2) is 40.2 Å². The molecule has 0 radical (unpaired) electrons. The number of benzene rings is 1. The summed E-state index contributed by atoms with van der Waals surface area (Å²) >= 11 is 7.75. The third-order valence-corrected chi connectivity index (χ3v) is 5.62. The summed E-state index contributed by atoms with van der Waals surface area (Å²) < 4.78 is 1.41. The summed E-state index contributed by atoms with van der Waals surface area (Å²) in [6.07, 6.45) is 1.66. The number of halogens is 1. The van der Waals surface area contributed by atoms with Gasteiger partial charge in [0.15, 0.2) is 0 Å². The van der Waals surface area contributed by atoms with Crippen molar-refractivity contribution in [1.29, 1.82) is 0 Å². The van der Waals surface area contributed by atoms with Gasteiger partial charge in [0, 0.05) is 11.2 Å². The zero-order valence-electron chi connectivity index (χ0n) is 15.3. The first-order valence-electron chi connectivity index (χ1n) is 8.17. The number of rotatable bonds is 5. The van der Waals surface area contributed by atoms with Gasteiger partial charge in [0.25, 0.3) is 5.56 Å². The third-order valence-electron chi connectivity index (χ3n) is 4.05. The van der Waals surface area contributed by atoms with E-state index in [1.807, 2.05) is 58.9 Å². The van der Waals surface area contributed by atoms with Crippen molar-refractivity contribution >= 4 is 23.4 Å². The van der Waals surface area contributed by atoms with Crippen LogP contribution in [0.25, 0.3) is 0 Å². The van der Waals surface area contributed by atoms with Crippen LogP contribution in [0.2, 0.25) is 5.02 Å². The van der Waals surface area contributed by atoms with Crippen LogP contribution in [0.3, 0.4) is 0 Å². The minimum Gasteiger partial charge on any atom is -0.395 e. The van der Waals surface area contributed by atoms with Gasteiger partial charge < -0.3 is 5.11 Å². The first-order valence-corrected chi connectivity index (χ1v) is 9.54. The Labute approximate surface area is 158 Å². The van der Waals surface area contributed by atoms with E-state index >= 15 is 0 Å². The number of aromatic nitrogens is 2. The first kappa shape index (κ1) is 20.0. The predicted molar refractivity (Wildman–Crippen MR) is 105 cm³/mol. The summed E-state index contributed by atoms with van der Waals surface area (Å²) in [5, 5.41) is 13.9. The summed E-state index contributed by atoms with van der Waals surface area (Å²) in [6, 6.07) is 8.14. The maximum absolute atomic E-state index is 12.4. The molecule has 25 heavy (non-hydrogen) atoms. The Morgan fingerprint density at radius 3 is 2.28 bits per heavy atom. The zero-order valence-corrected chi connectivity index (χ0v) is 16.9. The lowest BCUT2D eigenvalue weighted by Crippen LogP contribution is -2.36. The second-order valence-corrected chi connectivity index (χ2v) is 9.13. The van der Waals surface area contributed by atoms with Crippen molar-refractivity contribution in [3.05, 3.63) is 57.0 Å². The molecule has 2 rings (SSSR count). The Hall–Kier alpha value is -1.30. The maximum atomic E-state index is 12.4. The van der Waals surface area contributed by atoms with Gasteiger partial charge in [-0.1, -0.05) is 49.7 Å². The minimum atomic E-state index is -0.404. The second-order valence-electron chi connectivity index (χ2n) is 7.74. The van der Waals surface area contributed by atoms with E-state index < -0.39 is 5.54 Å². The number of hydrogen-bond donors (Lipinski definition) is 1. The number of hydrogen-bond acceptors (Lipinski definition) is 4. The molecule has 1 heterocycles. The lowest BCUT2D eigenvalue weighted by Gasteiger charge is -2.22. The largest absolute Gasteiger partial charge is 0.395 e. The van der Waals surface area contributed by atoms with Crippen LogP contribution in [0.4, 0.5) is 0 Å². The highest BCUT2D eigenvalue weighted by Gasteiger charge is 2.20. The summed E-state index contributed by atoms with van der Waals surface area (Å²) in [5.41, 5.74) is 1.30. The molecule has 0 fully saturated rings. The molecule has 0 aliphatic carbocycles. The molecule has 0 spiro atoms. The van der Waals surface area contributed by atoms with Gasteiger partial charge in [-0.2, -0.15) is 5.10 Å². The fraction of sp³-hybridized carbons (Fsp3) is 0.474. The van der Waals surface area contributed by atoms with E-state index in [1.165, 1.54) is 16.4 Å². The topological polar surface area (TPSA) is 55.1 Å². The number of aliphatic hydroxyl groups excluding tert-OH is 1. The van der Waals surface area contributed by atoms with Crippen LogP contribution < -0.4 is 5.56 Å². The molecule has 0 unspecified atom stereocenters. The van der Waals surface area contributed by atoms with Crippen LogP contribution in [0.1, 0.15) is 45.7 Å². The van der Waals surface area contributed by atoms with Crippen LogP contribution in [-0.4, -0.2) is 21.5 Å². The molecule has 6 heteroatoms. The van der Waals surface area contributed by atoms with Gasteiger partial charge in [-0.05, 0) is 31.9 Å². The summed E-state index contributed by atoms with van der Waals surface area (Å²) in [4.78, 5) is 13.1. The Bertz CT molecular complexity index is 793. The molecular formula is C19H25ClN2O2S. The van der Waals surface area contributed by atoms with Gasteiger partial charge in [0.2, 0.25) is 0 Å². The van der Waals surface area contributed by atoms with Crippen molar-refractivity contribution in [2.75, 3.05) is 6.61 Å². The van der Waals surface area contributed by atoms with Gasteiger partial charge in [0.1, 0.15) is 5.02 Å². The van der Waals surface area contributed by atoms with Gasteiger partial charge in [-0.15, -0.1) is 11.8 Å². The van der Waals surface area contributed by atoms with Crippen LogP contribution in [-0.2, 0) is 16.7 Å². The summed E-state index contributed by atoms with van der Waals surface area (Å²) in [5.74, 6) is 0.695. The summed E-state index contributed by atoms with van der Waals surface area (Å²) in [7, 11) is 0. The normalized spacial score (nSPS) is 12.4. The fourth-order valence-corrected chi connectivity index (χ4v) is 3.44. The molecular weight excluding hydrogens is 356 g/mol. The summed E-state index contributed by atoms with van der Waals surface area (Å²) in [6.45, 7) is 9.87. The average molecular weight is 381 g/mol. The molecule has 1 N–H and O–H groups in total. The Morgan fingerprint density at radius 2 is 1.76 bits per heavy atom. The van der Waals surface area contributed by atoms with Crippen LogP contribution >= 0.6 is 23.4 Å². The van der Waals surface area contributed by atoms with Gasteiger partial charge in [-0.25, -0.2) is 4.68 Å². The van der Waals surface area contributed by atoms with E-state index in [2.05, 4.69) is 5.10 Å². The van der Waals surface area contributed by atoms with Crippen molar-refractivity contribution in [1.82, 2.24) is 9.78 Å². The van der Waals surface area contributed by atoms with E-state index in [0.717, 1.165) is 11.1 Å². The molecule has 0 aliphatic rings. The smallest absolute Gasteiger partial charge is 0.287 e. The Kier molecular flexibility index (Phi) is 6.02. The quantitative estimate of drug-likeness (QED) is 0.789. The standard InChI is InChI=1S/C19H25ClN2O2S/c1-18(2,3)22-17(24)16(20)15(10-21-22)25-11-13-6-8-14(9-7-13)19(4,5)12-23/h6-10,23H,11-12H2,1-5H3. The lowest BCUT2D eigenvalue weighted by molar-refractivity contribution is 0.218.